The molecule has 0 saturated carbocycles. The van der Waals surface area contributed by atoms with E-state index in [0.717, 1.165) is 36.9 Å². The van der Waals surface area contributed by atoms with Gasteiger partial charge in [-0.3, -0.25) is 4.90 Å². The standard InChI is InChI=1S/C17H17NO3/c1-2-4-13(5-3-1)9-18-10-15(11-18)21-14-6-7-16-17(8-14)20-12-19-16/h1-8,15H,9-12H2. The Bertz CT molecular complexity index is 623. The van der Waals surface area contributed by atoms with Gasteiger partial charge in [-0.15, -0.1) is 0 Å². The molecule has 0 aromatic heterocycles. The Balaban J connectivity index is 1.30. The second-order valence-corrected chi connectivity index (χ2v) is 5.43. The van der Waals surface area contributed by atoms with Crippen molar-refractivity contribution in [3.8, 4) is 17.2 Å². The molecular formula is C17H17NO3. The molecule has 0 radical (unpaired) electrons. The van der Waals surface area contributed by atoms with Gasteiger partial charge in [-0.1, -0.05) is 30.3 Å². The highest BCUT2D eigenvalue weighted by Gasteiger charge is 2.28. The maximum atomic E-state index is 5.97. The van der Waals surface area contributed by atoms with Crippen LogP contribution >= 0.6 is 0 Å². The Morgan fingerprint density at radius 3 is 2.67 bits per heavy atom. The fourth-order valence-electron chi connectivity index (χ4n) is 2.71. The van der Waals surface area contributed by atoms with Gasteiger partial charge in [0.15, 0.2) is 11.5 Å². The third-order valence-corrected chi connectivity index (χ3v) is 3.82. The molecule has 2 aliphatic rings. The van der Waals surface area contributed by atoms with Crippen LogP contribution in [0.1, 0.15) is 5.56 Å². The highest BCUT2D eigenvalue weighted by atomic mass is 16.7. The average molecular weight is 283 g/mol. The van der Waals surface area contributed by atoms with Crippen LogP contribution in [0.3, 0.4) is 0 Å². The zero-order valence-electron chi connectivity index (χ0n) is 11.7. The lowest BCUT2D eigenvalue weighted by molar-refractivity contribution is 0.0145. The van der Waals surface area contributed by atoms with Crippen molar-refractivity contribution in [2.75, 3.05) is 19.9 Å². The monoisotopic (exact) mass is 283 g/mol. The van der Waals surface area contributed by atoms with Gasteiger partial charge in [-0.05, 0) is 17.7 Å². The molecular weight excluding hydrogens is 266 g/mol. The lowest BCUT2D eigenvalue weighted by Gasteiger charge is -2.39. The normalized spacial score (nSPS) is 17.5. The molecule has 21 heavy (non-hydrogen) atoms. The smallest absolute Gasteiger partial charge is 0.231 e. The van der Waals surface area contributed by atoms with E-state index in [1.165, 1.54) is 5.56 Å². The van der Waals surface area contributed by atoms with Crippen LogP contribution in [0.5, 0.6) is 17.2 Å². The van der Waals surface area contributed by atoms with E-state index in [1.54, 1.807) is 0 Å². The fourth-order valence-corrected chi connectivity index (χ4v) is 2.71. The van der Waals surface area contributed by atoms with Gasteiger partial charge in [-0.25, -0.2) is 0 Å². The maximum absolute atomic E-state index is 5.97. The van der Waals surface area contributed by atoms with Crippen LogP contribution in [0.2, 0.25) is 0 Å². The molecule has 0 unspecified atom stereocenters. The molecule has 4 nitrogen and oxygen atoms in total. The van der Waals surface area contributed by atoms with Crippen LogP contribution in [0, 0.1) is 0 Å². The Labute approximate surface area is 123 Å². The van der Waals surface area contributed by atoms with Crippen LogP contribution in [-0.4, -0.2) is 30.9 Å². The second-order valence-electron chi connectivity index (χ2n) is 5.43. The topological polar surface area (TPSA) is 30.9 Å². The number of benzene rings is 2. The van der Waals surface area contributed by atoms with Crippen LogP contribution in [0.4, 0.5) is 0 Å². The summed E-state index contributed by atoms with van der Waals surface area (Å²) in [4.78, 5) is 2.38. The molecule has 0 spiro atoms. The van der Waals surface area contributed by atoms with Gasteiger partial charge in [-0.2, -0.15) is 0 Å². The van der Waals surface area contributed by atoms with E-state index in [2.05, 4.69) is 29.2 Å². The summed E-state index contributed by atoms with van der Waals surface area (Å²) in [5, 5.41) is 0. The quantitative estimate of drug-likeness (QED) is 0.863. The summed E-state index contributed by atoms with van der Waals surface area (Å²) in [5.74, 6) is 2.42. The first-order valence-corrected chi connectivity index (χ1v) is 7.19. The Hall–Kier alpha value is -2.20. The predicted octanol–water partition coefficient (Wildman–Crippen LogP) is 2.68. The number of ether oxygens (including phenoxy) is 3. The van der Waals surface area contributed by atoms with Crippen molar-refractivity contribution in [2.45, 2.75) is 12.6 Å². The number of nitrogens with zero attached hydrogens (tertiary/aromatic N) is 1. The maximum Gasteiger partial charge on any atom is 0.231 e. The van der Waals surface area contributed by atoms with E-state index in [1.807, 2.05) is 24.3 Å². The number of rotatable bonds is 4. The lowest BCUT2D eigenvalue weighted by Crippen LogP contribution is -2.53. The van der Waals surface area contributed by atoms with E-state index >= 15 is 0 Å². The SMILES string of the molecule is c1ccc(CN2CC(Oc3ccc4c(c3)OCO4)C2)cc1. The number of hydrogen-bond donors (Lipinski definition) is 0. The molecule has 108 valence electrons. The van der Waals surface area contributed by atoms with Crippen LogP contribution < -0.4 is 14.2 Å². The first-order chi connectivity index (χ1) is 10.4. The van der Waals surface area contributed by atoms with Gasteiger partial charge in [0, 0.05) is 25.7 Å². The summed E-state index contributed by atoms with van der Waals surface area (Å²) in [6.07, 6.45) is 0.258. The van der Waals surface area contributed by atoms with Crippen molar-refractivity contribution in [1.82, 2.24) is 4.90 Å². The molecule has 4 rings (SSSR count). The highest BCUT2D eigenvalue weighted by Crippen LogP contribution is 2.35. The van der Waals surface area contributed by atoms with Crippen molar-refractivity contribution >= 4 is 0 Å². The minimum Gasteiger partial charge on any atom is -0.488 e. The van der Waals surface area contributed by atoms with Gasteiger partial charge in [0.05, 0.1) is 0 Å². The van der Waals surface area contributed by atoms with E-state index in [9.17, 15) is 0 Å². The molecule has 2 aromatic carbocycles. The number of likely N-dealkylation sites (tertiary alicyclic amines) is 1. The van der Waals surface area contributed by atoms with Crippen molar-refractivity contribution < 1.29 is 14.2 Å². The van der Waals surface area contributed by atoms with E-state index < -0.39 is 0 Å². The van der Waals surface area contributed by atoms with Crippen molar-refractivity contribution in [2.24, 2.45) is 0 Å². The van der Waals surface area contributed by atoms with Gasteiger partial charge in [0.25, 0.3) is 0 Å². The fraction of sp³-hybridized carbons (Fsp3) is 0.294. The molecule has 0 atom stereocenters. The zero-order valence-corrected chi connectivity index (χ0v) is 11.7. The third kappa shape index (κ3) is 2.67. The van der Waals surface area contributed by atoms with Crippen molar-refractivity contribution in [1.29, 1.82) is 0 Å². The van der Waals surface area contributed by atoms with Gasteiger partial charge >= 0.3 is 0 Å². The molecule has 4 heteroatoms. The molecule has 0 bridgehead atoms. The molecule has 2 heterocycles. The molecule has 1 fully saturated rings. The predicted molar refractivity (Wildman–Crippen MR) is 78.7 cm³/mol. The van der Waals surface area contributed by atoms with Gasteiger partial charge < -0.3 is 14.2 Å². The average Bonchev–Trinajstić information content (AvgIpc) is 2.93. The summed E-state index contributed by atoms with van der Waals surface area (Å²) in [7, 11) is 0. The van der Waals surface area contributed by atoms with Crippen LogP contribution in [0.15, 0.2) is 48.5 Å². The molecule has 1 saturated heterocycles. The molecule has 0 aliphatic carbocycles. The summed E-state index contributed by atoms with van der Waals surface area (Å²) in [5.41, 5.74) is 1.35. The molecule has 0 N–H and O–H groups in total. The molecule has 0 amide bonds. The van der Waals surface area contributed by atoms with Gasteiger partial charge in [0.2, 0.25) is 6.79 Å². The minimum absolute atomic E-state index is 0.258. The summed E-state index contributed by atoms with van der Waals surface area (Å²) in [6.45, 7) is 3.21. The molecule has 2 aliphatic heterocycles. The molecule has 2 aromatic rings. The third-order valence-electron chi connectivity index (χ3n) is 3.82. The highest BCUT2D eigenvalue weighted by molar-refractivity contribution is 5.47. The zero-order chi connectivity index (χ0) is 14.1. The van der Waals surface area contributed by atoms with E-state index in [4.69, 9.17) is 14.2 Å². The number of hydrogen-bond acceptors (Lipinski definition) is 4. The Kier molecular flexibility index (Phi) is 3.16. The van der Waals surface area contributed by atoms with Gasteiger partial charge in [0.1, 0.15) is 11.9 Å². The van der Waals surface area contributed by atoms with Crippen LogP contribution in [-0.2, 0) is 6.54 Å². The van der Waals surface area contributed by atoms with E-state index in [-0.39, 0.29) is 6.10 Å². The Morgan fingerprint density at radius 1 is 1.00 bits per heavy atom. The Morgan fingerprint density at radius 2 is 1.81 bits per heavy atom. The number of fused-ring (bicyclic) bond motifs is 1. The lowest BCUT2D eigenvalue weighted by atomic mass is 10.1. The van der Waals surface area contributed by atoms with E-state index in [0.29, 0.717) is 6.79 Å². The van der Waals surface area contributed by atoms with Crippen LogP contribution in [0.25, 0.3) is 0 Å². The summed E-state index contributed by atoms with van der Waals surface area (Å²) in [6, 6.07) is 16.3. The minimum atomic E-state index is 0.258. The summed E-state index contributed by atoms with van der Waals surface area (Å²) >= 11 is 0. The second kappa shape index (κ2) is 5.30. The first-order valence-electron chi connectivity index (χ1n) is 7.19. The van der Waals surface area contributed by atoms with Crippen molar-refractivity contribution in [3.05, 3.63) is 54.1 Å². The van der Waals surface area contributed by atoms with Crippen molar-refractivity contribution in [3.63, 3.8) is 0 Å². The largest absolute Gasteiger partial charge is 0.488 e. The summed E-state index contributed by atoms with van der Waals surface area (Å²) < 4.78 is 16.6. The first kappa shape index (κ1) is 12.5.